The Hall–Kier alpha value is -1.91. The number of likely N-dealkylation sites (tertiary alicyclic amines) is 1. The normalized spacial score (nSPS) is 24.7. The van der Waals surface area contributed by atoms with E-state index in [1.165, 1.54) is 6.26 Å². The SMILES string of the molecule is N#CCC1(S)CCN(Cc2ccc(-c3ccco3)nc2F)CC1F. The molecule has 0 amide bonds. The van der Waals surface area contributed by atoms with Gasteiger partial charge in [0, 0.05) is 25.2 Å². The average Bonchev–Trinajstić information content (AvgIpc) is 3.08. The van der Waals surface area contributed by atoms with Crippen molar-refractivity contribution < 1.29 is 13.2 Å². The highest BCUT2D eigenvalue weighted by Crippen LogP contribution is 2.35. The minimum Gasteiger partial charge on any atom is -0.463 e. The molecule has 1 aliphatic heterocycles. The van der Waals surface area contributed by atoms with E-state index in [9.17, 15) is 8.78 Å². The first-order chi connectivity index (χ1) is 11.5. The topological polar surface area (TPSA) is 53.1 Å². The van der Waals surface area contributed by atoms with Crippen molar-refractivity contribution in [2.75, 3.05) is 13.1 Å². The molecule has 1 fully saturated rings. The number of nitrogens with zero attached hydrogens (tertiary/aromatic N) is 3. The fraction of sp³-hybridized carbons (Fsp3) is 0.412. The fourth-order valence-corrected chi connectivity index (χ4v) is 3.11. The summed E-state index contributed by atoms with van der Waals surface area (Å²) >= 11 is 4.34. The van der Waals surface area contributed by atoms with Gasteiger partial charge in [-0.05, 0) is 24.6 Å². The van der Waals surface area contributed by atoms with Crippen LogP contribution in [-0.4, -0.2) is 33.9 Å². The molecular formula is C17H17F2N3OS. The molecule has 2 aromatic rings. The maximum absolute atomic E-state index is 14.3. The van der Waals surface area contributed by atoms with Crippen LogP contribution in [0.15, 0.2) is 34.9 Å². The summed E-state index contributed by atoms with van der Waals surface area (Å²) in [5.74, 6) is -0.0855. The van der Waals surface area contributed by atoms with Crippen LogP contribution in [0.3, 0.4) is 0 Å². The van der Waals surface area contributed by atoms with Crippen LogP contribution in [-0.2, 0) is 6.54 Å². The van der Waals surface area contributed by atoms with Crippen LogP contribution >= 0.6 is 12.6 Å². The summed E-state index contributed by atoms with van der Waals surface area (Å²) in [6, 6.07) is 8.74. The Morgan fingerprint density at radius 1 is 1.46 bits per heavy atom. The summed E-state index contributed by atoms with van der Waals surface area (Å²) in [6.07, 6.45) is 0.791. The molecule has 2 aromatic heterocycles. The first kappa shape index (κ1) is 16.9. The van der Waals surface area contributed by atoms with Crippen LogP contribution in [0.4, 0.5) is 8.78 Å². The van der Waals surface area contributed by atoms with Crippen LogP contribution in [0.25, 0.3) is 11.5 Å². The third kappa shape index (κ3) is 3.45. The van der Waals surface area contributed by atoms with Crippen LogP contribution in [0.2, 0.25) is 0 Å². The van der Waals surface area contributed by atoms with Gasteiger partial charge >= 0.3 is 0 Å². The molecule has 2 atom stereocenters. The number of piperidine rings is 1. The smallest absolute Gasteiger partial charge is 0.218 e. The number of aromatic nitrogens is 1. The number of alkyl halides is 1. The number of halogens is 2. The van der Waals surface area contributed by atoms with E-state index in [2.05, 4.69) is 17.6 Å². The lowest BCUT2D eigenvalue weighted by molar-refractivity contribution is 0.0996. The van der Waals surface area contributed by atoms with Gasteiger partial charge in [0.15, 0.2) is 5.76 Å². The Bertz CT molecular complexity index is 747. The minimum atomic E-state index is -1.23. The van der Waals surface area contributed by atoms with Gasteiger partial charge < -0.3 is 4.42 Å². The van der Waals surface area contributed by atoms with Crippen molar-refractivity contribution in [1.29, 1.82) is 5.26 Å². The van der Waals surface area contributed by atoms with Gasteiger partial charge in [0.1, 0.15) is 11.9 Å². The number of rotatable bonds is 4. The lowest BCUT2D eigenvalue weighted by Gasteiger charge is -2.40. The zero-order chi connectivity index (χ0) is 17.2. The highest BCUT2D eigenvalue weighted by atomic mass is 32.1. The van der Waals surface area contributed by atoms with E-state index in [4.69, 9.17) is 9.68 Å². The average molecular weight is 349 g/mol. The van der Waals surface area contributed by atoms with Crippen molar-refractivity contribution in [3.05, 3.63) is 42.0 Å². The quantitative estimate of drug-likeness (QED) is 0.677. The molecule has 1 aliphatic rings. The van der Waals surface area contributed by atoms with E-state index in [-0.39, 0.29) is 19.5 Å². The molecule has 0 radical (unpaired) electrons. The van der Waals surface area contributed by atoms with E-state index in [1.807, 2.05) is 11.0 Å². The van der Waals surface area contributed by atoms with Gasteiger partial charge in [-0.3, -0.25) is 4.90 Å². The van der Waals surface area contributed by atoms with Gasteiger partial charge in [-0.25, -0.2) is 9.37 Å². The van der Waals surface area contributed by atoms with Crippen LogP contribution in [0.5, 0.6) is 0 Å². The van der Waals surface area contributed by atoms with Crippen molar-refractivity contribution >= 4 is 12.6 Å². The Labute approximate surface area is 144 Å². The van der Waals surface area contributed by atoms with Crippen molar-refractivity contribution in [2.24, 2.45) is 0 Å². The summed E-state index contributed by atoms with van der Waals surface area (Å²) in [6.45, 7) is 0.962. The number of hydrogen-bond acceptors (Lipinski definition) is 5. The van der Waals surface area contributed by atoms with E-state index in [1.54, 1.807) is 24.3 Å². The van der Waals surface area contributed by atoms with Gasteiger partial charge in [-0.2, -0.15) is 22.3 Å². The monoisotopic (exact) mass is 349 g/mol. The molecule has 0 bridgehead atoms. The number of hydrogen-bond donors (Lipinski definition) is 1. The largest absolute Gasteiger partial charge is 0.463 e. The third-order valence-corrected chi connectivity index (χ3v) is 5.00. The second-order valence-electron chi connectivity index (χ2n) is 6.01. The maximum Gasteiger partial charge on any atom is 0.218 e. The molecule has 0 N–H and O–H groups in total. The van der Waals surface area contributed by atoms with Gasteiger partial charge in [-0.15, -0.1) is 0 Å². The van der Waals surface area contributed by atoms with Gasteiger partial charge in [-0.1, -0.05) is 6.07 Å². The summed E-state index contributed by atoms with van der Waals surface area (Å²) < 4.78 is 32.9. The van der Waals surface area contributed by atoms with Gasteiger partial charge in [0.05, 0.1) is 23.5 Å². The van der Waals surface area contributed by atoms with Crippen molar-refractivity contribution in [3.8, 4) is 17.5 Å². The first-order valence-electron chi connectivity index (χ1n) is 7.67. The number of furan rings is 1. The highest BCUT2D eigenvalue weighted by molar-refractivity contribution is 7.81. The van der Waals surface area contributed by atoms with Gasteiger partial charge in [0.2, 0.25) is 5.95 Å². The summed E-state index contributed by atoms with van der Waals surface area (Å²) in [5.41, 5.74) is 0.830. The van der Waals surface area contributed by atoms with Crippen LogP contribution in [0.1, 0.15) is 18.4 Å². The predicted molar refractivity (Wildman–Crippen MR) is 88.6 cm³/mol. The zero-order valence-corrected chi connectivity index (χ0v) is 13.8. The third-order valence-electron chi connectivity index (χ3n) is 4.34. The molecule has 3 rings (SSSR count). The Morgan fingerprint density at radius 3 is 2.92 bits per heavy atom. The van der Waals surface area contributed by atoms with E-state index < -0.39 is 16.9 Å². The number of nitriles is 1. The highest BCUT2D eigenvalue weighted by Gasteiger charge is 2.40. The molecule has 126 valence electrons. The lowest BCUT2D eigenvalue weighted by atomic mass is 9.91. The Kier molecular flexibility index (Phi) is 4.88. The summed E-state index contributed by atoms with van der Waals surface area (Å²) in [5, 5.41) is 8.80. The maximum atomic E-state index is 14.3. The Morgan fingerprint density at radius 2 is 2.29 bits per heavy atom. The number of pyridine rings is 1. The van der Waals surface area contributed by atoms with E-state index >= 15 is 0 Å². The van der Waals surface area contributed by atoms with Crippen molar-refractivity contribution in [1.82, 2.24) is 9.88 Å². The van der Waals surface area contributed by atoms with Crippen molar-refractivity contribution in [2.45, 2.75) is 30.3 Å². The molecular weight excluding hydrogens is 332 g/mol. The predicted octanol–water partition coefficient (Wildman–Crippen LogP) is 3.61. The molecule has 0 spiro atoms. The molecule has 4 nitrogen and oxygen atoms in total. The molecule has 0 saturated carbocycles. The van der Waals surface area contributed by atoms with E-state index in [0.717, 1.165) is 0 Å². The molecule has 0 aliphatic carbocycles. The Balaban J connectivity index is 1.68. The lowest BCUT2D eigenvalue weighted by Crippen LogP contribution is -2.50. The molecule has 3 heterocycles. The standard InChI is InChI=1S/C17H17F2N3OS/c18-15-11-22(8-6-17(15,24)5-7-20)10-12-3-4-13(21-16(12)19)14-2-1-9-23-14/h1-4,9,15,24H,5-6,8,10-11H2. The second-order valence-corrected chi connectivity index (χ2v) is 6.91. The van der Waals surface area contributed by atoms with Crippen molar-refractivity contribution in [3.63, 3.8) is 0 Å². The molecule has 7 heteroatoms. The molecule has 24 heavy (non-hydrogen) atoms. The fourth-order valence-electron chi connectivity index (χ4n) is 2.86. The molecule has 1 saturated heterocycles. The van der Waals surface area contributed by atoms with Crippen LogP contribution < -0.4 is 0 Å². The van der Waals surface area contributed by atoms with Crippen LogP contribution in [0, 0.1) is 17.3 Å². The first-order valence-corrected chi connectivity index (χ1v) is 8.11. The van der Waals surface area contributed by atoms with Gasteiger partial charge in [0.25, 0.3) is 0 Å². The molecule has 0 aromatic carbocycles. The number of thiol groups is 1. The zero-order valence-electron chi connectivity index (χ0n) is 13.0. The molecule has 2 unspecified atom stereocenters. The van der Waals surface area contributed by atoms with E-state index in [0.29, 0.717) is 30.0 Å². The summed E-state index contributed by atoms with van der Waals surface area (Å²) in [7, 11) is 0. The summed E-state index contributed by atoms with van der Waals surface area (Å²) in [4.78, 5) is 5.74. The second kappa shape index (κ2) is 6.91. The minimum absolute atomic E-state index is 0.0683.